The summed E-state index contributed by atoms with van der Waals surface area (Å²) in [6, 6.07) is 8.03. The molecule has 0 atom stereocenters. The minimum Gasteiger partial charge on any atom is -0.492 e. The average molecular weight is 370 g/mol. The first kappa shape index (κ1) is 21.3. The van der Waals surface area contributed by atoms with E-state index in [4.69, 9.17) is 10.5 Å². The van der Waals surface area contributed by atoms with Gasteiger partial charge in [0.25, 0.3) is 0 Å². The fraction of sp³-hybridized carbons (Fsp3) is 0.478. The topological polar surface area (TPSA) is 41.7 Å². The van der Waals surface area contributed by atoms with Crippen molar-refractivity contribution in [2.45, 2.75) is 27.3 Å². The second-order valence-electron chi connectivity index (χ2n) is 7.28. The molecule has 1 saturated heterocycles. The van der Waals surface area contributed by atoms with Crippen LogP contribution in [0.4, 0.5) is 0 Å². The number of ether oxygens (including phenoxy) is 1. The highest BCUT2D eigenvalue weighted by atomic mass is 16.5. The first-order valence-corrected chi connectivity index (χ1v) is 9.96. The maximum Gasteiger partial charge on any atom is 0.119 e. The Hall–Kier alpha value is -2.04. The molecule has 0 spiro atoms. The van der Waals surface area contributed by atoms with E-state index in [2.05, 4.69) is 48.5 Å². The molecule has 1 aliphatic heterocycles. The molecule has 1 aliphatic rings. The van der Waals surface area contributed by atoms with E-state index >= 15 is 0 Å². The molecule has 0 radical (unpaired) electrons. The molecule has 4 nitrogen and oxygen atoms in total. The van der Waals surface area contributed by atoms with E-state index < -0.39 is 0 Å². The van der Waals surface area contributed by atoms with E-state index in [-0.39, 0.29) is 0 Å². The summed E-state index contributed by atoms with van der Waals surface area (Å²) < 4.78 is 5.89. The van der Waals surface area contributed by atoms with Crippen LogP contribution in [-0.2, 0) is 6.54 Å². The standard InChI is InChI=1S/C23H35N3O/c1-5-6-10-23(19(2)3)20(4)26-13-11-25(12-14-26)15-16-27-22-9-7-8-21(17-22)18-24/h5-10,17,19H,4,11-16,18,24H2,1-3H3/b6-5-,23-10+. The van der Waals surface area contributed by atoms with E-state index in [0.29, 0.717) is 19.1 Å². The van der Waals surface area contributed by atoms with Crippen LogP contribution in [0.5, 0.6) is 5.75 Å². The van der Waals surface area contributed by atoms with Gasteiger partial charge < -0.3 is 15.4 Å². The summed E-state index contributed by atoms with van der Waals surface area (Å²) in [6.07, 6.45) is 6.37. The molecule has 0 aromatic heterocycles. The molecule has 0 unspecified atom stereocenters. The van der Waals surface area contributed by atoms with Crippen LogP contribution < -0.4 is 10.5 Å². The van der Waals surface area contributed by atoms with Crippen LogP contribution in [0.15, 0.2) is 60.3 Å². The van der Waals surface area contributed by atoms with Crippen LogP contribution in [0, 0.1) is 5.92 Å². The van der Waals surface area contributed by atoms with Crippen LogP contribution in [0.1, 0.15) is 26.3 Å². The second kappa shape index (κ2) is 11.0. The molecule has 1 heterocycles. The molecule has 0 aliphatic carbocycles. The van der Waals surface area contributed by atoms with Crippen LogP contribution in [0.2, 0.25) is 0 Å². The number of hydrogen-bond acceptors (Lipinski definition) is 4. The van der Waals surface area contributed by atoms with Crippen molar-refractivity contribution in [3.63, 3.8) is 0 Å². The molecule has 4 heteroatoms. The predicted molar refractivity (Wildman–Crippen MR) is 115 cm³/mol. The highest BCUT2D eigenvalue weighted by Gasteiger charge is 2.20. The first-order valence-electron chi connectivity index (χ1n) is 9.96. The number of piperazine rings is 1. The van der Waals surface area contributed by atoms with Crippen molar-refractivity contribution in [1.29, 1.82) is 0 Å². The smallest absolute Gasteiger partial charge is 0.119 e. The third kappa shape index (κ3) is 6.56. The average Bonchev–Trinajstić information content (AvgIpc) is 2.68. The fourth-order valence-corrected chi connectivity index (χ4v) is 3.30. The normalized spacial score (nSPS) is 16.3. The van der Waals surface area contributed by atoms with Gasteiger partial charge in [-0.25, -0.2) is 0 Å². The van der Waals surface area contributed by atoms with Crippen molar-refractivity contribution in [1.82, 2.24) is 9.80 Å². The van der Waals surface area contributed by atoms with Crippen molar-refractivity contribution < 1.29 is 4.74 Å². The summed E-state index contributed by atoms with van der Waals surface area (Å²) in [5.74, 6) is 1.38. The van der Waals surface area contributed by atoms with Gasteiger partial charge in [0.05, 0.1) is 0 Å². The summed E-state index contributed by atoms with van der Waals surface area (Å²) in [5, 5.41) is 0. The minimum atomic E-state index is 0.476. The molecule has 0 amide bonds. The maximum atomic E-state index is 5.89. The third-order valence-electron chi connectivity index (χ3n) is 4.99. The van der Waals surface area contributed by atoms with Crippen molar-refractivity contribution in [2.24, 2.45) is 11.7 Å². The molecule has 1 aromatic rings. The second-order valence-corrected chi connectivity index (χ2v) is 7.28. The van der Waals surface area contributed by atoms with Gasteiger partial charge in [-0.1, -0.05) is 50.8 Å². The molecular formula is C23H35N3O. The van der Waals surface area contributed by atoms with Crippen LogP contribution in [-0.4, -0.2) is 49.1 Å². The Balaban J connectivity index is 1.78. The highest BCUT2D eigenvalue weighted by Crippen LogP contribution is 2.23. The van der Waals surface area contributed by atoms with Gasteiger partial charge in [0, 0.05) is 45.0 Å². The first-order chi connectivity index (χ1) is 13.0. The van der Waals surface area contributed by atoms with Crippen molar-refractivity contribution in [3.05, 3.63) is 65.9 Å². The van der Waals surface area contributed by atoms with Crippen molar-refractivity contribution in [3.8, 4) is 5.75 Å². The lowest BCUT2D eigenvalue weighted by atomic mass is 9.98. The summed E-state index contributed by atoms with van der Waals surface area (Å²) >= 11 is 0. The largest absolute Gasteiger partial charge is 0.492 e. The Morgan fingerprint density at radius 3 is 2.63 bits per heavy atom. The van der Waals surface area contributed by atoms with Crippen molar-refractivity contribution >= 4 is 0 Å². The number of nitrogens with zero attached hydrogens (tertiary/aromatic N) is 2. The quantitative estimate of drug-likeness (QED) is 0.672. The number of hydrogen-bond donors (Lipinski definition) is 1. The van der Waals surface area contributed by atoms with Gasteiger partial charge in [-0.3, -0.25) is 4.90 Å². The SMILES string of the molecule is C=C(/C(=C/C=C\C)C(C)C)N1CCN(CCOc2cccc(CN)c2)CC1. The molecule has 27 heavy (non-hydrogen) atoms. The zero-order chi connectivity index (χ0) is 19.6. The zero-order valence-electron chi connectivity index (χ0n) is 17.2. The van der Waals surface area contributed by atoms with Crippen LogP contribution in [0.25, 0.3) is 0 Å². The molecule has 2 N–H and O–H groups in total. The van der Waals surface area contributed by atoms with Gasteiger partial charge >= 0.3 is 0 Å². The zero-order valence-corrected chi connectivity index (χ0v) is 17.2. The lowest BCUT2D eigenvalue weighted by Gasteiger charge is -2.38. The van der Waals surface area contributed by atoms with Gasteiger partial charge in [0.2, 0.25) is 0 Å². The predicted octanol–water partition coefficient (Wildman–Crippen LogP) is 3.81. The van der Waals surface area contributed by atoms with Crippen LogP contribution in [0.3, 0.4) is 0 Å². The molecule has 0 bridgehead atoms. The van der Waals surface area contributed by atoms with Crippen molar-refractivity contribution in [2.75, 3.05) is 39.3 Å². The van der Waals surface area contributed by atoms with Gasteiger partial charge in [-0.15, -0.1) is 0 Å². The van der Waals surface area contributed by atoms with Gasteiger partial charge in [-0.2, -0.15) is 0 Å². The Bertz CT molecular complexity index is 655. The summed E-state index contributed by atoms with van der Waals surface area (Å²) in [6.45, 7) is 17.2. The molecular weight excluding hydrogens is 334 g/mol. The van der Waals surface area contributed by atoms with Gasteiger partial charge in [-0.05, 0) is 36.1 Å². The Morgan fingerprint density at radius 2 is 2.00 bits per heavy atom. The van der Waals surface area contributed by atoms with E-state index in [1.54, 1.807) is 0 Å². The highest BCUT2D eigenvalue weighted by molar-refractivity contribution is 5.32. The van der Waals surface area contributed by atoms with E-state index in [1.165, 1.54) is 5.57 Å². The Morgan fingerprint density at radius 1 is 1.26 bits per heavy atom. The number of benzene rings is 1. The van der Waals surface area contributed by atoms with Crippen LogP contribution >= 0.6 is 0 Å². The summed E-state index contributed by atoms with van der Waals surface area (Å²) in [4.78, 5) is 4.87. The summed E-state index contributed by atoms with van der Waals surface area (Å²) in [7, 11) is 0. The Kier molecular flexibility index (Phi) is 8.62. The fourth-order valence-electron chi connectivity index (χ4n) is 3.30. The van der Waals surface area contributed by atoms with E-state index in [9.17, 15) is 0 Å². The Labute approximate surface area is 165 Å². The number of nitrogens with two attached hydrogens (primary N) is 1. The third-order valence-corrected chi connectivity index (χ3v) is 4.99. The molecule has 1 aromatic carbocycles. The number of rotatable bonds is 9. The van der Waals surface area contributed by atoms with E-state index in [1.807, 2.05) is 31.2 Å². The lowest BCUT2D eigenvalue weighted by Crippen LogP contribution is -2.47. The molecule has 0 saturated carbocycles. The number of allylic oxidation sites excluding steroid dienone is 4. The molecule has 148 valence electrons. The summed E-state index contributed by atoms with van der Waals surface area (Å²) in [5.41, 5.74) is 9.28. The van der Waals surface area contributed by atoms with Gasteiger partial charge in [0.15, 0.2) is 0 Å². The van der Waals surface area contributed by atoms with E-state index in [0.717, 1.165) is 49.7 Å². The lowest BCUT2D eigenvalue weighted by molar-refractivity contribution is 0.138. The molecule has 2 rings (SSSR count). The minimum absolute atomic E-state index is 0.476. The maximum absolute atomic E-state index is 5.89. The van der Waals surface area contributed by atoms with Gasteiger partial charge in [0.1, 0.15) is 12.4 Å². The monoisotopic (exact) mass is 369 g/mol. The molecule has 1 fully saturated rings.